The van der Waals surface area contributed by atoms with Crippen LogP contribution in [-0.2, 0) is 10.2 Å². The maximum atomic E-state index is 13.6. The Balaban J connectivity index is 1.21. The van der Waals surface area contributed by atoms with Crippen LogP contribution in [-0.4, -0.2) is 56.5 Å². The SMILES string of the molecule is COc1c(C(=O)N2CCC(CCNC(=O)C3(c4ccccc4)CCNCC3)C2)cccc1-c1ccc(Cl)c(Cl)c1. The van der Waals surface area contributed by atoms with Gasteiger partial charge >= 0.3 is 0 Å². The maximum Gasteiger partial charge on any atom is 0.257 e. The first-order valence-electron chi connectivity index (χ1n) is 13.9. The number of methoxy groups -OCH3 is 1. The number of hydrogen-bond acceptors (Lipinski definition) is 4. The smallest absolute Gasteiger partial charge is 0.257 e. The van der Waals surface area contributed by atoms with Crippen LogP contribution in [0, 0.1) is 5.92 Å². The molecule has 2 aliphatic rings. The van der Waals surface area contributed by atoms with Crippen LogP contribution >= 0.6 is 23.2 Å². The highest BCUT2D eigenvalue weighted by Gasteiger charge is 2.41. The molecular weight excluding hydrogens is 545 g/mol. The molecule has 0 aromatic heterocycles. The van der Waals surface area contributed by atoms with Gasteiger partial charge in [-0.05, 0) is 74.0 Å². The predicted octanol–water partition coefficient (Wildman–Crippen LogP) is 5.96. The van der Waals surface area contributed by atoms with E-state index in [4.69, 9.17) is 27.9 Å². The number of carbonyl (C=O) groups is 2. The lowest BCUT2D eigenvalue weighted by Gasteiger charge is -2.36. The fraction of sp³-hybridized carbons (Fsp3) is 0.375. The summed E-state index contributed by atoms with van der Waals surface area (Å²) in [6.45, 7) is 3.60. The van der Waals surface area contributed by atoms with Crippen molar-refractivity contribution in [2.45, 2.75) is 31.1 Å². The summed E-state index contributed by atoms with van der Waals surface area (Å²) in [6.07, 6.45) is 3.32. The minimum absolute atomic E-state index is 0.0527. The van der Waals surface area contributed by atoms with E-state index < -0.39 is 5.41 Å². The van der Waals surface area contributed by atoms with Crippen LogP contribution in [0.4, 0.5) is 0 Å². The third kappa shape index (κ3) is 5.85. The molecule has 3 aromatic rings. The van der Waals surface area contributed by atoms with Gasteiger partial charge in [0, 0.05) is 25.2 Å². The van der Waals surface area contributed by atoms with Crippen molar-refractivity contribution in [3.05, 3.63) is 87.9 Å². The van der Waals surface area contributed by atoms with Gasteiger partial charge < -0.3 is 20.3 Å². The fourth-order valence-corrected chi connectivity index (χ4v) is 6.35. The quantitative estimate of drug-likeness (QED) is 0.345. The van der Waals surface area contributed by atoms with E-state index in [2.05, 4.69) is 22.8 Å². The van der Waals surface area contributed by atoms with Gasteiger partial charge in [-0.2, -0.15) is 0 Å². The van der Waals surface area contributed by atoms with Crippen molar-refractivity contribution >= 4 is 35.0 Å². The third-order valence-corrected chi connectivity index (χ3v) is 9.05. The minimum atomic E-state index is -0.486. The molecule has 2 aliphatic heterocycles. The zero-order chi connectivity index (χ0) is 28.1. The first kappa shape index (κ1) is 28.5. The lowest BCUT2D eigenvalue weighted by Crippen LogP contribution is -2.51. The molecule has 40 heavy (non-hydrogen) atoms. The summed E-state index contributed by atoms with van der Waals surface area (Å²) in [7, 11) is 1.58. The summed E-state index contributed by atoms with van der Waals surface area (Å²) in [4.78, 5) is 29.0. The number of ether oxygens (including phenoxy) is 1. The normalized spacial score (nSPS) is 18.4. The Labute approximate surface area is 246 Å². The second-order valence-corrected chi connectivity index (χ2v) is 11.5. The Morgan fingerprint density at radius 2 is 1.80 bits per heavy atom. The van der Waals surface area contributed by atoms with Crippen LogP contribution in [0.2, 0.25) is 10.0 Å². The summed E-state index contributed by atoms with van der Waals surface area (Å²) < 4.78 is 5.73. The van der Waals surface area contributed by atoms with Crippen LogP contribution < -0.4 is 15.4 Å². The number of para-hydroxylation sites is 1. The van der Waals surface area contributed by atoms with E-state index in [1.807, 2.05) is 41.3 Å². The fourth-order valence-electron chi connectivity index (χ4n) is 6.06. The number of hydrogen-bond donors (Lipinski definition) is 2. The molecule has 3 aromatic carbocycles. The van der Waals surface area contributed by atoms with Gasteiger partial charge in [-0.3, -0.25) is 9.59 Å². The topological polar surface area (TPSA) is 70.7 Å². The summed E-state index contributed by atoms with van der Waals surface area (Å²) in [5, 5.41) is 7.54. The van der Waals surface area contributed by atoms with Crippen LogP contribution in [0.1, 0.15) is 41.6 Å². The van der Waals surface area contributed by atoms with E-state index in [9.17, 15) is 9.59 Å². The van der Waals surface area contributed by atoms with Crippen molar-refractivity contribution in [2.75, 3.05) is 39.8 Å². The van der Waals surface area contributed by atoms with E-state index >= 15 is 0 Å². The number of benzene rings is 3. The summed E-state index contributed by atoms with van der Waals surface area (Å²) in [6, 6.07) is 21.1. The van der Waals surface area contributed by atoms with E-state index in [1.165, 1.54) is 0 Å². The standard InChI is InChI=1S/C32H35Cl2N3O3/c1-40-29-25(23-10-11-27(33)28(34)20-23)8-5-9-26(29)30(38)37-19-13-22(21-37)12-16-36-31(39)32(14-17-35-18-15-32)24-6-3-2-4-7-24/h2-11,20,22,35H,12-19,21H2,1H3,(H,36,39). The van der Waals surface area contributed by atoms with Gasteiger partial charge in [0.15, 0.2) is 0 Å². The highest BCUT2D eigenvalue weighted by molar-refractivity contribution is 6.42. The monoisotopic (exact) mass is 579 g/mol. The van der Waals surface area contributed by atoms with Crippen molar-refractivity contribution in [2.24, 2.45) is 5.92 Å². The molecule has 0 spiro atoms. The van der Waals surface area contributed by atoms with Crippen LogP contribution in [0.3, 0.4) is 0 Å². The van der Waals surface area contributed by atoms with Gasteiger partial charge in [-0.15, -0.1) is 0 Å². The predicted molar refractivity (Wildman–Crippen MR) is 160 cm³/mol. The molecule has 2 fully saturated rings. The molecule has 0 aliphatic carbocycles. The Bertz CT molecular complexity index is 1360. The second kappa shape index (κ2) is 12.6. The van der Waals surface area contributed by atoms with Gasteiger partial charge in [0.25, 0.3) is 5.91 Å². The van der Waals surface area contributed by atoms with Gasteiger partial charge in [0.1, 0.15) is 5.75 Å². The Kier molecular flexibility index (Phi) is 8.99. The lowest BCUT2D eigenvalue weighted by molar-refractivity contribution is -0.127. The molecule has 5 rings (SSSR count). The van der Waals surface area contributed by atoms with E-state index in [0.717, 1.165) is 55.5 Å². The molecule has 0 bridgehead atoms. The maximum absolute atomic E-state index is 13.6. The second-order valence-electron chi connectivity index (χ2n) is 10.7. The molecule has 2 N–H and O–H groups in total. The van der Waals surface area contributed by atoms with Crippen LogP contribution in [0.25, 0.3) is 11.1 Å². The zero-order valence-electron chi connectivity index (χ0n) is 22.7. The highest BCUT2D eigenvalue weighted by Crippen LogP contribution is 2.37. The van der Waals surface area contributed by atoms with Crippen molar-refractivity contribution in [3.8, 4) is 16.9 Å². The molecule has 1 atom stereocenters. The molecule has 210 valence electrons. The molecule has 2 amide bonds. The third-order valence-electron chi connectivity index (χ3n) is 8.31. The Morgan fingerprint density at radius 1 is 1.02 bits per heavy atom. The minimum Gasteiger partial charge on any atom is -0.495 e. The molecule has 6 nitrogen and oxygen atoms in total. The average molecular weight is 581 g/mol. The number of nitrogens with one attached hydrogen (secondary N) is 2. The molecular formula is C32H35Cl2N3O3. The largest absolute Gasteiger partial charge is 0.495 e. The lowest BCUT2D eigenvalue weighted by atomic mass is 9.72. The number of piperidine rings is 1. The summed E-state index contributed by atoms with van der Waals surface area (Å²) in [5.41, 5.74) is 2.74. The molecule has 0 radical (unpaired) electrons. The van der Waals surface area contributed by atoms with Gasteiger partial charge in [-0.1, -0.05) is 71.7 Å². The van der Waals surface area contributed by atoms with E-state index in [0.29, 0.717) is 46.9 Å². The van der Waals surface area contributed by atoms with Gasteiger partial charge in [-0.25, -0.2) is 0 Å². The molecule has 8 heteroatoms. The first-order valence-corrected chi connectivity index (χ1v) is 14.6. The molecule has 2 saturated heterocycles. The van der Waals surface area contributed by atoms with Crippen LogP contribution in [0.15, 0.2) is 66.7 Å². The first-order chi connectivity index (χ1) is 19.4. The zero-order valence-corrected chi connectivity index (χ0v) is 24.2. The molecule has 1 unspecified atom stereocenters. The number of nitrogens with zero attached hydrogens (tertiary/aromatic N) is 1. The van der Waals surface area contributed by atoms with Gasteiger partial charge in [0.05, 0.1) is 28.1 Å². The Morgan fingerprint density at radius 3 is 2.52 bits per heavy atom. The summed E-state index contributed by atoms with van der Waals surface area (Å²) >= 11 is 12.3. The van der Waals surface area contributed by atoms with Crippen molar-refractivity contribution in [3.63, 3.8) is 0 Å². The average Bonchev–Trinajstić information content (AvgIpc) is 3.47. The van der Waals surface area contributed by atoms with Crippen LogP contribution in [0.5, 0.6) is 5.75 Å². The number of carbonyl (C=O) groups excluding carboxylic acids is 2. The van der Waals surface area contributed by atoms with E-state index in [1.54, 1.807) is 25.3 Å². The summed E-state index contributed by atoms with van der Waals surface area (Å²) in [5.74, 6) is 0.905. The van der Waals surface area contributed by atoms with Crippen molar-refractivity contribution in [1.82, 2.24) is 15.5 Å². The highest BCUT2D eigenvalue weighted by atomic mass is 35.5. The van der Waals surface area contributed by atoms with Crippen molar-refractivity contribution < 1.29 is 14.3 Å². The number of halogens is 2. The molecule has 2 heterocycles. The van der Waals surface area contributed by atoms with E-state index in [-0.39, 0.29) is 11.8 Å². The number of likely N-dealkylation sites (tertiary alicyclic amines) is 1. The number of rotatable bonds is 8. The number of amides is 2. The Hall–Kier alpha value is -3.06. The molecule has 0 saturated carbocycles. The van der Waals surface area contributed by atoms with Crippen molar-refractivity contribution in [1.29, 1.82) is 0 Å². The van der Waals surface area contributed by atoms with Gasteiger partial charge in [0.2, 0.25) is 5.91 Å².